The monoisotopic (exact) mass is 230 g/mol. The highest BCUT2D eigenvalue weighted by Gasteiger charge is 2.52. The Labute approximate surface area is 97.4 Å². The molecule has 1 N–H and O–H groups in total. The fraction of sp³-hybridized carbons (Fsp3) is 0.250. The Kier molecular flexibility index (Phi) is 1.86. The van der Waals surface area contributed by atoms with Crippen LogP contribution in [0.2, 0.25) is 0 Å². The molecule has 3 rings (SSSR count). The van der Waals surface area contributed by atoms with E-state index in [0.717, 1.165) is 11.8 Å². The largest absolute Gasteiger partial charge is 0.374 e. The van der Waals surface area contributed by atoms with Gasteiger partial charge in [-0.25, -0.2) is 0 Å². The van der Waals surface area contributed by atoms with Crippen LogP contribution in [-0.2, 0) is 20.0 Å². The minimum atomic E-state index is -1.27. The molecule has 0 aromatic heterocycles. The minimum absolute atomic E-state index is 0.00120. The van der Waals surface area contributed by atoms with Crippen LogP contribution in [0.4, 0.5) is 5.69 Å². The van der Waals surface area contributed by atoms with Crippen LogP contribution in [-0.4, -0.2) is 17.9 Å². The summed E-state index contributed by atoms with van der Waals surface area (Å²) in [6.45, 7) is 1.92. The zero-order valence-corrected chi connectivity index (χ0v) is 9.19. The van der Waals surface area contributed by atoms with E-state index < -0.39 is 5.60 Å². The summed E-state index contributed by atoms with van der Waals surface area (Å²) in [5, 5.41) is 6.25. The van der Waals surface area contributed by atoms with Gasteiger partial charge < -0.3 is 10.2 Å². The molecule has 0 saturated heterocycles. The van der Waals surface area contributed by atoms with Crippen molar-refractivity contribution in [1.82, 2.24) is 0 Å². The Morgan fingerprint density at radius 2 is 2.24 bits per heavy atom. The highest BCUT2D eigenvalue weighted by Crippen LogP contribution is 2.43. The van der Waals surface area contributed by atoms with E-state index in [1.807, 2.05) is 25.1 Å². The first-order valence-electron chi connectivity index (χ1n) is 5.29. The van der Waals surface area contributed by atoms with Gasteiger partial charge in [-0.2, -0.15) is 0 Å². The van der Waals surface area contributed by atoms with Crippen LogP contribution in [0.3, 0.4) is 0 Å². The highest BCUT2D eigenvalue weighted by atomic mass is 16.7. The standard InChI is InChI=1S/C12H10N2O3/c1-7-2-3-10-9(4-7)12(11(16)14-10)5-8(15)6-13-17-12/h2-4,6H,5H2,1H3,(H,14,16). The number of carbonyl (C=O) groups is 2. The third kappa shape index (κ3) is 1.28. The van der Waals surface area contributed by atoms with Gasteiger partial charge in [0.05, 0.1) is 6.42 Å². The maximum absolute atomic E-state index is 12.0. The number of Topliss-reactive ketones (excluding diaryl/α,β-unsaturated/α-hetero) is 1. The summed E-state index contributed by atoms with van der Waals surface area (Å²) in [5.41, 5.74) is 1.11. The molecule has 2 heterocycles. The normalized spacial score (nSPS) is 25.7. The van der Waals surface area contributed by atoms with E-state index in [2.05, 4.69) is 10.5 Å². The molecule has 2 aliphatic rings. The lowest BCUT2D eigenvalue weighted by atomic mass is 9.88. The summed E-state index contributed by atoms with van der Waals surface area (Å²) in [4.78, 5) is 28.7. The zero-order chi connectivity index (χ0) is 12.0. The lowest BCUT2D eigenvalue weighted by molar-refractivity contribution is -0.148. The number of fused-ring (bicyclic) bond motifs is 2. The Bertz CT molecular complexity index is 565. The molecule has 1 unspecified atom stereocenters. The summed E-state index contributed by atoms with van der Waals surface area (Å²) < 4.78 is 0. The maximum atomic E-state index is 12.0. The highest BCUT2D eigenvalue weighted by molar-refractivity contribution is 6.29. The van der Waals surface area contributed by atoms with Gasteiger partial charge in [0.15, 0.2) is 5.78 Å². The van der Waals surface area contributed by atoms with Crippen LogP contribution in [0.1, 0.15) is 17.5 Å². The second kappa shape index (κ2) is 3.16. The molecule has 17 heavy (non-hydrogen) atoms. The Morgan fingerprint density at radius 1 is 1.41 bits per heavy atom. The molecule has 2 aliphatic heterocycles. The van der Waals surface area contributed by atoms with Crippen LogP contribution in [0.5, 0.6) is 0 Å². The van der Waals surface area contributed by atoms with Crippen LogP contribution in [0.15, 0.2) is 23.4 Å². The van der Waals surface area contributed by atoms with E-state index in [0.29, 0.717) is 11.3 Å². The molecule has 0 fully saturated rings. The van der Waals surface area contributed by atoms with Gasteiger partial charge in [-0.1, -0.05) is 16.8 Å². The predicted molar refractivity (Wildman–Crippen MR) is 60.7 cm³/mol. The van der Waals surface area contributed by atoms with E-state index in [4.69, 9.17) is 4.84 Å². The number of nitrogens with zero attached hydrogens (tertiary/aromatic N) is 1. The van der Waals surface area contributed by atoms with E-state index in [1.165, 1.54) is 0 Å². The molecular weight excluding hydrogens is 220 g/mol. The van der Waals surface area contributed by atoms with E-state index in [1.54, 1.807) is 0 Å². The summed E-state index contributed by atoms with van der Waals surface area (Å²) in [6.07, 6.45) is 1.10. The lowest BCUT2D eigenvalue weighted by Gasteiger charge is -2.26. The lowest BCUT2D eigenvalue weighted by Crippen LogP contribution is -2.40. The number of benzene rings is 1. The van der Waals surface area contributed by atoms with Gasteiger partial charge in [-0.05, 0) is 19.1 Å². The fourth-order valence-corrected chi connectivity index (χ4v) is 2.21. The number of aryl methyl sites for hydroxylation is 1. The predicted octanol–water partition coefficient (Wildman–Crippen LogP) is 1.12. The SMILES string of the molecule is Cc1ccc2c(c1)C1(CC(=O)C=NO1)C(=O)N2. The average molecular weight is 230 g/mol. The van der Waals surface area contributed by atoms with Gasteiger partial charge in [0.1, 0.15) is 6.21 Å². The topological polar surface area (TPSA) is 67.8 Å². The molecule has 1 atom stereocenters. The molecule has 0 saturated carbocycles. The number of nitrogens with one attached hydrogen (secondary N) is 1. The van der Waals surface area contributed by atoms with Crippen molar-refractivity contribution in [3.8, 4) is 0 Å². The van der Waals surface area contributed by atoms with Crippen molar-refractivity contribution in [3.05, 3.63) is 29.3 Å². The molecular formula is C12H10N2O3. The number of hydrogen-bond donors (Lipinski definition) is 1. The smallest absolute Gasteiger partial charge is 0.276 e. The van der Waals surface area contributed by atoms with E-state index in [9.17, 15) is 9.59 Å². The third-order valence-electron chi connectivity index (χ3n) is 3.05. The quantitative estimate of drug-likeness (QED) is 0.726. The van der Waals surface area contributed by atoms with Crippen molar-refractivity contribution < 1.29 is 14.4 Å². The molecule has 0 bridgehead atoms. The Morgan fingerprint density at radius 3 is 3.00 bits per heavy atom. The Balaban J connectivity index is 2.19. The number of carbonyl (C=O) groups excluding carboxylic acids is 2. The van der Waals surface area contributed by atoms with Gasteiger partial charge >= 0.3 is 0 Å². The second-order valence-corrected chi connectivity index (χ2v) is 4.30. The molecule has 5 nitrogen and oxygen atoms in total. The van der Waals surface area contributed by atoms with Gasteiger partial charge in [0.2, 0.25) is 5.60 Å². The van der Waals surface area contributed by atoms with Crippen molar-refractivity contribution in [3.63, 3.8) is 0 Å². The molecule has 0 radical (unpaired) electrons. The number of anilines is 1. The molecule has 0 aliphatic carbocycles. The summed E-state index contributed by atoms with van der Waals surface area (Å²) >= 11 is 0. The first-order chi connectivity index (χ1) is 8.12. The van der Waals surface area contributed by atoms with Gasteiger partial charge in [-0.3, -0.25) is 9.59 Å². The van der Waals surface area contributed by atoms with Crippen molar-refractivity contribution in [1.29, 1.82) is 0 Å². The molecule has 86 valence electrons. The number of rotatable bonds is 0. The Hall–Kier alpha value is -2.17. The van der Waals surface area contributed by atoms with E-state index in [-0.39, 0.29) is 18.1 Å². The van der Waals surface area contributed by atoms with Gasteiger partial charge in [-0.15, -0.1) is 0 Å². The van der Waals surface area contributed by atoms with Crippen molar-refractivity contribution in [2.45, 2.75) is 18.9 Å². The molecule has 1 aromatic rings. The second-order valence-electron chi connectivity index (χ2n) is 4.30. The maximum Gasteiger partial charge on any atom is 0.276 e. The molecule has 1 amide bonds. The fourth-order valence-electron chi connectivity index (χ4n) is 2.21. The third-order valence-corrected chi connectivity index (χ3v) is 3.05. The van der Waals surface area contributed by atoms with Gasteiger partial charge in [0.25, 0.3) is 5.91 Å². The molecule has 5 heteroatoms. The van der Waals surface area contributed by atoms with Crippen LogP contribution in [0.25, 0.3) is 0 Å². The van der Waals surface area contributed by atoms with Crippen molar-refractivity contribution >= 4 is 23.6 Å². The number of amides is 1. The first kappa shape index (κ1) is 10.0. The molecule has 1 aromatic carbocycles. The van der Waals surface area contributed by atoms with Crippen molar-refractivity contribution in [2.75, 3.05) is 5.32 Å². The first-order valence-corrected chi connectivity index (χ1v) is 5.29. The van der Waals surface area contributed by atoms with E-state index >= 15 is 0 Å². The van der Waals surface area contributed by atoms with Crippen LogP contribution >= 0.6 is 0 Å². The van der Waals surface area contributed by atoms with Crippen LogP contribution < -0.4 is 5.32 Å². The summed E-state index contributed by atoms with van der Waals surface area (Å²) in [6, 6.07) is 5.55. The van der Waals surface area contributed by atoms with Gasteiger partial charge in [0, 0.05) is 11.3 Å². The van der Waals surface area contributed by atoms with Crippen molar-refractivity contribution in [2.24, 2.45) is 5.16 Å². The van der Waals surface area contributed by atoms with Crippen LogP contribution in [0, 0.1) is 6.92 Å². The number of oxime groups is 1. The molecule has 1 spiro atoms. The summed E-state index contributed by atoms with van der Waals surface area (Å²) in [7, 11) is 0. The minimum Gasteiger partial charge on any atom is -0.374 e. The number of ketones is 1. The zero-order valence-electron chi connectivity index (χ0n) is 9.19. The number of hydrogen-bond acceptors (Lipinski definition) is 4. The summed E-state index contributed by atoms with van der Waals surface area (Å²) in [5.74, 6) is -0.538. The average Bonchev–Trinajstić information content (AvgIpc) is 2.53.